The normalized spacial score (nSPS) is 15.3. The van der Waals surface area contributed by atoms with Gasteiger partial charge in [0.2, 0.25) is 11.8 Å². The first kappa shape index (κ1) is 23.2. The second kappa shape index (κ2) is 11.8. The van der Waals surface area contributed by atoms with Crippen LogP contribution in [0.25, 0.3) is 0 Å². The van der Waals surface area contributed by atoms with Crippen molar-refractivity contribution in [2.24, 2.45) is 0 Å². The molecule has 0 saturated carbocycles. The van der Waals surface area contributed by atoms with Gasteiger partial charge in [0, 0.05) is 44.8 Å². The van der Waals surface area contributed by atoms with Crippen molar-refractivity contribution in [3.63, 3.8) is 0 Å². The van der Waals surface area contributed by atoms with E-state index in [0.717, 1.165) is 54.6 Å². The highest BCUT2D eigenvalue weighted by Crippen LogP contribution is 2.22. The number of nitrogens with one attached hydrogen (secondary N) is 1. The Hall–Kier alpha value is -2.42. The maximum absolute atomic E-state index is 12.6. The van der Waals surface area contributed by atoms with E-state index in [1.165, 1.54) is 0 Å². The van der Waals surface area contributed by atoms with Gasteiger partial charge in [0.1, 0.15) is 0 Å². The van der Waals surface area contributed by atoms with Gasteiger partial charge in [-0.25, -0.2) is 4.98 Å². The number of carbonyl (C=O) groups is 2. The topological polar surface area (TPSA) is 68.8 Å². The first-order valence-electron chi connectivity index (χ1n) is 10.6. The Bertz CT molecular complexity index is 862. The lowest BCUT2D eigenvalue weighted by molar-refractivity contribution is -0.129. The van der Waals surface area contributed by atoms with Gasteiger partial charge in [-0.1, -0.05) is 18.2 Å². The van der Waals surface area contributed by atoms with Crippen molar-refractivity contribution in [3.05, 3.63) is 54.2 Å². The zero-order valence-electron chi connectivity index (χ0n) is 18.3. The number of rotatable bonds is 8. The van der Waals surface area contributed by atoms with E-state index in [-0.39, 0.29) is 11.8 Å². The smallest absolute Gasteiger partial charge is 0.238 e. The van der Waals surface area contributed by atoms with Gasteiger partial charge in [-0.2, -0.15) is 0 Å². The number of thioether (sulfide) groups is 1. The van der Waals surface area contributed by atoms with Crippen molar-refractivity contribution in [2.75, 3.05) is 58.7 Å². The fourth-order valence-electron chi connectivity index (χ4n) is 3.41. The number of anilines is 1. The summed E-state index contributed by atoms with van der Waals surface area (Å²) in [4.78, 5) is 34.8. The number of hydrogen-bond donors (Lipinski definition) is 1. The minimum absolute atomic E-state index is 0.00709. The molecule has 0 spiro atoms. The maximum Gasteiger partial charge on any atom is 0.238 e. The van der Waals surface area contributed by atoms with Crippen LogP contribution in [-0.2, 0) is 15.3 Å². The number of benzene rings is 1. The Kier molecular flexibility index (Phi) is 8.87. The van der Waals surface area contributed by atoms with E-state index >= 15 is 0 Å². The minimum atomic E-state index is -0.00709. The maximum atomic E-state index is 12.6. The third-order valence-corrected chi connectivity index (χ3v) is 6.16. The molecule has 0 atom stereocenters. The Labute approximate surface area is 188 Å². The standard InChI is InChI=1S/C23H31N5O2S/c1-26(2)23(30)17-28-12-6-11-27(13-14-28)16-21(29)25-20-8-5-7-19(15-20)18-31-22-9-3-4-10-24-22/h3-5,7-10,15H,6,11-14,16-18H2,1-2H3,(H,25,29). The molecule has 0 bridgehead atoms. The molecule has 0 aliphatic carbocycles. The number of carbonyl (C=O) groups excluding carboxylic acids is 2. The van der Waals surface area contributed by atoms with Crippen LogP contribution in [0.3, 0.4) is 0 Å². The van der Waals surface area contributed by atoms with Gasteiger partial charge in [-0.05, 0) is 49.3 Å². The van der Waals surface area contributed by atoms with Gasteiger partial charge in [0.05, 0.1) is 18.1 Å². The summed E-state index contributed by atoms with van der Waals surface area (Å²) < 4.78 is 0. The Balaban J connectivity index is 1.45. The lowest BCUT2D eigenvalue weighted by atomic mass is 10.2. The van der Waals surface area contributed by atoms with E-state index in [4.69, 9.17) is 0 Å². The van der Waals surface area contributed by atoms with Gasteiger partial charge in [0.15, 0.2) is 0 Å². The molecule has 1 aliphatic heterocycles. The van der Waals surface area contributed by atoms with E-state index < -0.39 is 0 Å². The number of likely N-dealkylation sites (N-methyl/N-ethyl adjacent to an activating group) is 1. The molecule has 1 N–H and O–H groups in total. The highest BCUT2D eigenvalue weighted by atomic mass is 32.2. The van der Waals surface area contributed by atoms with Crippen LogP contribution in [0.15, 0.2) is 53.7 Å². The van der Waals surface area contributed by atoms with E-state index in [1.807, 2.05) is 36.4 Å². The number of hydrogen-bond acceptors (Lipinski definition) is 6. The van der Waals surface area contributed by atoms with E-state index in [9.17, 15) is 9.59 Å². The molecule has 166 valence electrons. The van der Waals surface area contributed by atoms with Gasteiger partial charge in [-0.3, -0.25) is 19.4 Å². The Morgan fingerprint density at radius 3 is 2.52 bits per heavy atom. The summed E-state index contributed by atoms with van der Waals surface area (Å²) in [5.74, 6) is 0.911. The average molecular weight is 442 g/mol. The molecule has 1 aromatic heterocycles. The summed E-state index contributed by atoms with van der Waals surface area (Å²) in [6.07, 6.45) is 2.75. The number of nitrogens with zero attached hydrogens (tertiary/aromatic N) is 4. The van der Waals surface area contributed by atoms with Crippen LogP contribution in [0.5, 0.6) is 0 Å². The van der Waals surface area contributed by atoms with Crippen molar-refractivity contribution in [3.8, 4) is 0 Å². The van der Waals surface area contributed by atoms with Crippen LogP contribution >= 0.6 is 11.8 Å². The molecule has 7 nitrogen and oxygen atoms in total. The van der Waals surface area contributed by atoms with Crippen LogP contribution < -0.4 is 5.32 Å². The van der Waals surface area contributed by atoms with Gasteiger partial charge in [0.25, 0.3) is 0 Å². The summed E-state index contributed by atoms with van der Waals surface area (Å²) in [5.41, 5.74) is 1.96. The molecule has 1 aromatic carbocycles. The van der Waals surface area contributed by atoms with E-state index in [0.29, 0.717) is 13.1 Å². The molecule has 3 rings (SSSR count). The van der Waals surface area contributed by atoms with Crippen LogP contribution in [0.1, 0.15) is 12.0 Å². The predicted molar refractivity (Wildman–Crippen MR) is 125 cm³/mol. The van der Waals surface area contributed by atoms with E-state index in [1.54, 1.807) is 37.0 Å². The zero-order chi connectivity index (χ0) is 22.1. The second-order valence-electron chi connectivity index (χ2n) is 7.90. The van der Waals surface area contributed by atoms with Crippen LogP contribution in [0.2, 0.25) is 0 Å². The molecular weight excluding hydrogens is 410 g/mol. The molecular formula is C23H31N5O2S. The summed E-state index contributed by atoms with van der Waals surface area (Å²) >= 11 is 1.67. The Morgan fingerprint density at radius 1 is 1.03 bits per heavy atom. The fraction of sp³-hybridized carbons (Fsp3) is 0.435. The van der Waals surface area contributed by atoms with Crippen molar-refractivity contribution < 1.29 is 9.59 Å². The quantitative estimate of drug-likeness (QED) is 0.635. The third kappa shape index (κ3) is 7.97. The molecule has 8 heteroatoms. The SMILES string of the molecule is CN(C)C(=O)CN1CCCN(CC(=O)Nc2cccc(CSc3ccccn3)c2)CC1. The monoisotopic (exact) mass is 441 g/mol. The minimum Gasteiger partial charge on any atom is -0.348 e. The van der Waals surface area contributed by atoms with Crippen molar-refractivity contribution in [1.29, 1.82) is 0 Å². The van der Waals surface area contributed by atoms with Gasteiger partial charge < -0.3 is 10.2 Å². The number of aromatic nitrogens is 1. The predicted octanol–water partition coefficient (Wildman–Crippen LogP) is 2.41. The molecule has 1 aliphatic rings. The first-order chi connectivity index (χ1) is 15.0. The average Bonchev–Trinajstić information content (AvgIpc) is 2.98. The second-order valence-corrected chi connectivity index (χ2v) is 8.89. The largest absolute Gasteiger partial charge is 0.348 e. The molecule has 1 saturated heterocycles. The van der Waals surface area contributed by atoms with Gasteiger partial charge in [-0.15, -0.1) is 11.8 Å². The molecule has 2 aromatic rings. The summed E-state index contributed by atoms with van der Waals surface area (Å²) in [7, 11) is 3.56. The lowest BCUT2D eigenvalue weighted by Gasteiger charge is -2.22. The summed E-state index contributed by atoms with van der Waals surface area (Å²) in [5, 5.41) is 4.01. The van der Waals surface area contributed by atoms with E-state index in [2.05, 4.69) is 26.2 Å². The van der Waals surface area contributed by atoms with Crippen molar-refractivity contribution in [2.45, 2.75) is 17.2 Å². The summed E-state index contributed by atoms with van der Waals surface area (Å²) in [6, 6.07) is 13.8. The zero-order valence-corrected chi connectivity index (χ0v) is 19.1. The van der Waals surface area contributed by atoms with Crippen molar-refractivity contribution >= 4 is 29.3 Å². The number of amides is 2. The molecule has 0 radical (unpaired) electrons. The first-order valence-corrected chi connectivity index (χ1v) is 11.6. The highest BCUT2D eigenvalue weighted by Gasteiger charge is 2.19. The van der Waals surface area contributed by atoms with Crippen molar-refractivity contribution in [1.82, 2.24) is 19.7 Å². The molecule has 2 amide bonds. The van der Waals surface area contributed by atoms with Crippen LogP contribution in [0.4, 0.5) is 5.69 Å². The molecule has 31 heavy (non-hydrogen) atoms. The third-order valence-electron chi connectivity index (χ3n) is 5.14. The molecule has 0 unspecified atom stereocenters. The highest BCUT2D eigenvalue weighted by molar-refractivity contribution is 7.98. The number of pyridine rings is 1. The van der Waals surface area contributed by atoms with Crippen LogP contribution in [0, 0.1) is 0 Å². The molecule has 2 heterocycles. The fourth-order valence-corrected chi connectivity index (χ4v) is 4.21. The Morgan fingerprint density at radius 2 is 1.81 bits per heavy atom. The lowest BCUT2D eigenvalue weighted by Crippen LogP contribution is -2.39. The van der Waals surface area contributed by atoms with Crippen LogP contribution in [-0.4, -0.2) is 84.9 Å². The molecule has 1 fully saturated rings. The summed E-state index contributed by atoms with van der Waals surface area (Å²) in [6.45, 7) is 4.13. The van der Waals surface area contributed by atoms with Gasteiger partial charge >= 0.3 is 0 Å².